The zero-order valence-corrected chi connectivity index (χ0v) is 13.3. The van der Waals surface area contributed by atoms with Gasteiger partial charge in [-0.05, 0) is 18.4 Å². The first-order valence-electron chi connectivity index (χ1n) is 8.33. The molecule has 3 rings (SSSR count). The molecule has 1 aromatic rings. The number of rotatable bonds is 5. The van der Waals surface area contributed by atoms with Gasteiger partial charge in [-0.25, -0.2) is 0 Å². The van der Waals surface area contributed by atoms with Crippen molar-refractivity contribution in [1.82, 2.24) is 0 Å². The van der Waals surface area contributed by atoms with Crippen LogP contribution in [0.1, 0.15) is 37.7 Å². The molecular formula is C18H24O5. The molecule has 0 amide bonds. The van der Waals surface area contributed by atoms with Crippen LogP contribution < -0.4 is 0 Å². The summed E-state index contributed by atoms with van der Waals surface area (Å²) < 4.78 is 17.1. The van der Waals surface area contributed by atoms with Gasteiger partial charge in [0.2, 0.25) is 0 Å². The number of hydrogen-bond acceptors (Lipinski definition) is 5. The highest BCUT2D eigenvalue weighted by atomic mass is 16.7. The standard InChI is InChI=1S/C18H24O5/c19-15(12-21-11-14-7-3-1-4-8-14)17-16(20)13-22-18(23-17)9-5-2-6-10-18/h1,3-4,7-8,15,17,19H,2,5-6,9-13H2/t15-,17-/m1/s1. The SMILES string of the molecule is O=C1COC2(CCCCC2)O[C@@H]1[C@H](O)COCc1ccccc1. The number of ether oxygens (including phenoxy) is 3. The van der Waals surface area contributed by atoms with Crippen LogP contribution in [0.15, 0.2) is 30.3 Å². The van der Waals surface area contributed by atoms with E-state index in [4.69, 9.17) is 14.2 Å². The van der Waals surface area contributed by atoms with Gasteiger partial charge in [-0.15, -0.1) is 0 Å². The Kier molecular flexibility index (Phi) is 5.43. The van der Waals surface area contributed by atoms with E-state index in [0.717, 1.165) is 37.7 Å². The van der Waals surface area contributed by atoms with Gasteiger partial charge in [-0.3, -0.25) is 4.79 Å². The Labute approximate surface area is 136 Å². The van der Waals surface area contributed by atoms with E-state index in [-0.39, 0.29) is 19.0 Å². The number of benzene rings is 1. The van der Waals surface area contributed by atoms with Gasteiger partial charge in [0.1, 0.15) is 18.8 Å². The van der Waals surface area contributed by atoms with E-state index in [1.165, 1.54) is 0 Å². The molecule has 5 nitrogen and oxygen atoms in total. The highest BCUT2D eigenvalue weighted by molar-refractivity contribution is 5.85. The minimum Gasteiger partial charge on any atom is -0.388 e. The maximum atomic E-state index is 12.0. The first-order valence-corrected chi connectivity index (χ1v) is 8.33. The minimum absolute atomic E-state index is 0.0143. The molecule has 0 aromatic heterocycles. The van der Waals surface area contributed by atoms with Crippen molar-refractivity contribution in [2.75, 3.05) is 13.2 Å². The lowest BCUT2D eigenvalue weighted by Gasteiger charge is -2.43. The largest absolute Gasteiger partial charge is 0.388 e. The topological polar surface area (TPSA) is 65.0 Å². The molecule has 1 N–H and O–H groups in total. The number of carbonyl (C=O) groups excluding carboxylic acids is 1. The van der Waals surface area contributed by atoms with E-state index in [1.807, 2.05) is 30.3 Å². The highest BCUT2D eigenvalue weighted by Gasteiger charge is 2.45. The van der Waals surface area contributed by atoms with Gasteiger partial charge in [0.25, 0.3) is 0 Å². The first kappa shape index (κ1) is 16.6. The lowest BCUT2D eigenvalue weighted by molar-refractivity contribution is -0.301. The number of Topliss-reactive ketones (excluding diaryl/α,β-unsaturated/α-hetero) is 1. The molecule has 1 aliphatic heterocycles. The molecule has 2 fully saturated rings. The average Bonchev–Trinajstić information content (AvgIpc) is 2.59. The summed E-state index contributed by atoms with van der Waals surface area (Å²) in [4.78, 5) is 12.0. The maximum absolute atomic E-state index is 12.0. The van der Waals surface area contributed by atoms with Gasteiger partial charge in [0.05, 0.1) is 13.2 Å². The first-order chi connectivity index (χ1) is 11.2. The molecule has 0 bridgehead atoms. The summed E-state index contributed by atoms with van der Waals surface area (Å²) in [7, 11) is 0. The van der Waals surface area contributed by atoms with E-state index in [1.54, 1.807) is 0 Å². The van der Waals surface area contributed by atoms with Crippen molar-refractivity contribution in [3.63, 3.8) is 0 Å². The zero-order valence-electron chi connectivity index (χ0n) is 13.3. The molecule has 0 unspecified atom stereocenters. The van der Waals surface area contributed by atoms with E-state index in [9.17, 15) is 9.90 Å². The van der Waals surface area contributed by atoms with Gasteiger partial charge >= 0.3 is 0 Å². The van der Waals surface area contributed by atoms with Crippen LogP contribution in [-0.4, -0.2) is 42.1 Å². The van der Waals surface area contributed by atoms with Gasteiger partial charge in [0, 0.05) is 12.8 Å². The van der Waals surface area contributed by atoms with Crippen LogP contribution in [-0.2, 0) is 25.6 Å². The van der Waals surface area contributed by atoms with Gasteiger partial charge in [0.15, 0.2) is 11.6 Å². The molecule has 23 heavy (non-hydrogen) atoms. The van der Waals surface area contributed by atoms with E-state index in [2.05, 4.69) is 0 Å². The van der Waals surface area contributed by atoms with Crippen LogP contribution in [0.5, 0.6) is 0 Å². The smallest absolute Gasteiger partial charge is 0.190 e. The van der Waals surface area contributed by atoms with Crippen LogP contribution in [0.25, 0.3) is 0 Å². The predicted octanol–water partition coefficient (Wildman–Crippen LogP) is 2.21. The fraction of sp³-hybridized carbons (Fsp3) is 0.611. The molecular weight excluding hydrogens is 296 g/mol. The molecule has 1 aromatic carbocycles. The third-order valence-corrected chi connectivity index (χ3v) is 4.50. The zero-order chi connectivity index (χ0) is 16.1. The predicted molar refractivity (Wildman–Crippen MR) is 83.8 cm³/mol. The second-order valence-corrected chi connectivity index (χ2v) is 6.33. The van der Waals surface area contributed by atoms with E-state index < -0.39 is 18.0 Å². The molecule has 2 atom stereocenters. The number of carbonyl (C=O) groups is 1. The van der Waals surface area contributed by atoms with Crippen LogP contribution in [0, 0.1) is 0 Å². The van der Waals surface area contributed by atoms with E-state index >= 15 is 0 Å². The van der Waals surface area contributed by atoms with E-state index in [0.29, 0.717) is 6.61 Å². The maximum Gasteiger partial charge on any atom is 0.190 e. The Balaban J connectivity index is 1.52. The summed E-state index contributed by atoms with van der Waals surface area (Å²) in [5, 5.41) is 10.3. The number of hydrogen-bond donors (Lipinski definition) is 1. The summed E-state index contributed by atoms with van der Waals surface area (Å²) in [5.41, 5.74) is 1.03. The molecule has 5 heteroatoms. The van der Waals surface area contributed by atoms with Gasteiger partial charge < -0.3 is 19.3 Å². The quantitative estimate of drug-likeness (QED) is 0.901. The summed E-state index contributed by atoms with van der Waals surface area (Å²) in [6, 6.07) is 9.73. The number of aliphatic hydroxyl groups excluding tert-OH is 1. The minimum atomic E-state index is -0.964. The number of aliphatic hydroxyl groups is 1. The summed E-state index contributed by atoms with van der Waals surface area (Å²) in [6.45, 7) is 0.488. The Morgan fingerprint density at radius 1 is 1.22 bits per heavy atom. The monoisotopic (exact) mass is 320 g/mol. The third kappa shape index (κ3) is 4.18. The fourth-order valence-electron chi connectivity index (χ4n) is 3.22. The Hall–Kier alpha value is -1.27. The van der Waals surface area contributed by atoms with Crippen molar-refractivity contribution in [2.24, 2.45) is 0 Å². The summed E-state index contributed by atoms with van der Waals surface area (Å²) in [5.74, 6) is -0.894. The van der Waals surface area contributed by atoms with Crippen LogP contribution in [0.2, 0.25) is 0 Å². The molecule has 1 heterocycles. The van der Waals surface area contributed by atoms with Crippen LogP contribution in [0.3, 0.4) is 0 Å². The van der Waals surface area contributed by atoms with Crippen molar-refractivity contribution in [3.05, 3.63) is 35.9 Å². The van der Waals surface area contributed by atoms with Crippen molar-refractivity contribution in [2.45, 2.75) is 56.7 Å². The lowest BCUT2D eigenvalue weighted by Crippen LogP contribution is -2.55. The normalized spacial score (nSPS) is 25.4. The van der Waals surface area contributed by atoms with Crippen molar-refractivity contribution in [3.8, 4) is 0 Å². The molecule has 1 saturated carbocycles. The molecule has 1 saturated heterocycles. The lowest BCUT2D eigenvalue weighted by atomic mass is 9.92. The Bertz CT molecular complexity index is 509. The van der Waals surface area contributed by atoms with Crippen molar-refractivity contribution < 1.29 is 24.1 Å². The molecule has 1 aliphatic carbocycles. The highest BCUT2D eigenvalue weighted by Crippen LogP contribution is 2.36. The van der Waals surface area contributed by atoms with Crippen LogP contribution in [0.4, 0.5) is 0 Å². The number of ketones is 1. The summed E-state index contributed by atoms with van der Waals surface area (Å²) in [6.07, 6.45) is 2.98. The summed E-state index contributed by atoms with van der Waals surface area (Å²) >= 11 is 0. The Morgan fingerprint density at radius 2 is 1.96 bits per heavy atom. The molecule has 126 valence electrons. The van der Waals surface area contributed by atoms with Gasteiger partial charge in [-0.1, -0.05) is 36.8 Å². The second kappa shape index (κ2) is 7.53. The molecule has 1 spiro atoms. The van der Waals surface area contributed by atoms with Crippen LogP contribution >= 0.6 is 0 Å². The molecule has 2 aliphatic rings. The van der Waals surface area contributed by atoms with Crippen molar-refractivity contribution >= 4 is 5.78 Å². The second-order valence-electron chi connectivity index (χ2n) is 6.33. The molecule has 0 radical (unpaired) electrons. The fourth-order valence-corrected chi connectivity index (χ4v) is 3.22. The Morgan fingerprint density at radius 3 is 2.70 bits per heavy atom. The average molecular weight is 320 g/mol. The van der Waals surface area contributed by atoms with Gasteiger partial charge in [-0.2, -0.15) is 0 Å². The van der Waals surface area contributed by atoms with Crippen molar-refractivity contribution in [1.29, 1.82) is 0 Å². The third-order valence-electron chi connectivity index (χ3n) is 4.50.